The molecule has 4 heteroatoms. The van der Waals surface area contributed by atoms with Gasteiger partial charge in [-0.05, 0) is 49.7 Å². The fraction of sp³-hybridized carbons (Fsp3) is 0.600. The van der Waals surface area contributed by atoms with Crippen molar-refractivity contribution in [2.24, 2.45) is 0 Å². The van der Waals surface area contributed by atoms with E-state index in [-0.39, 0.29) is 0 Å². The average molecular weight is 325 g/mol. The van der Waals surface area contributed by atoms with Gasteiger partial charge in [-0.1, -0.05) is 15.9 Å². The van der Waals surface area contributed by atoms with Crippen LogP contribution in [0, 0.1) is 0 Å². The minimum absolute atomic E-state index is 0.294. The van der Waals surface area contributed by atoms with Crippen molar-refractivity contribution < 1.29 is 4.74 Å². The van der Waals surface area contributed by atoms with E-state index in [1.165, 1.54) is 38.0 Å². The highest BCUT2D eigenvalue weighted by Crippen LogP contribution is 2.30. The van der Waals surface area contributed by atoms with Gasteiger partial charge in [-0.3, -0.25) is 0 Å². The summed E-state index contributed by atoms with van der Waals surface area (Å²) >= 11 is 3.51. The molecule has 3 rings (SSSR count). The van der Waals surface area contributed by atoms with Crippen LogP contribution in [0.3, 0.4) is 0 Å². The predicted molar refractivity (Wildman–Crippen MR) is 80.8 cm³/mol. The lowest BCUT2D eigenvalue weighted by Crippen LogP contribution is -2.35. The van der Waals surface area contributed by atoms with Crippen molar-refractivity contribution in [3.8, 4) is 5.75 Å². The molecule has 1 aromatic rings. The fourth-order valence-corrected chi connectivity index (χ4v) is 3.32. The third-order valence-electron chi connectivity index (χ3n) is 3.94. The number of hydrogen-bond acceptors (Lipinski definition) is 3. The molecule has 0 aromatic heterocycles. The first-order valence-electron chi connectivity index (χ1n) is 7.19. The van der Waals surface area contributed by atoms with Crippen LogP contribution < -0.4 is 10.1 Å². The number of fused-ring (bicyclic) bond motifs is 1. The van der Waals surface area contributed by atoms with Crippen molar-refractivity contribution in [3.63, 3.8) is 0 Å². The highest BCUT2D eigenvalue weighted by molar-refractivity contribution is 9.10. The maximum absolute atomic E-state index is 5.94. The molecule has 0 aliphatic carbocycles. The minimum Gasteiger partial charge on any atom is -0.488 e. The number of hydrogen-bond donors (Lipinski definition) is 1. The van der Waals surface area contributed by atoms with E-state index in [2.05, 4.69) is 38.3 Å². The van der Waals surface area contributed by atoms with Gasteiger partial charge in [0.05, 0.1) is 0 Å². The van der Waals surface area contributed by atoms with Gasteiger partial charge in [0.15, 0.2) is 0 Å². The van der Waals surface area contributed by atoms with Gasteiger partial charge in [0.2, 0.25) is 0 Å². The van der Waals surface area contributed by atoms with Crippen LogP contribution in [-0.2, 0) is 6.42 Å². The first-order valence-corrected chi connectivity index (χ1v) is 7.99. The number of likely N-dealkylation sites (tertiary alicyclic amines) is 1. The molecule has 2 aliphatic heterocycles. The monoisotopic (exact) mass is 324 g/mol. The summed E-state index contributed by atoms with van der Waals surface area (Å²) in [6.45, 7) is 5.74. The van der Waals surface area contributed by atoms with Gasteiger partial charge in [0, 0.05) is 30.5 Å². The lowest BCUT2D eigenvalue weighted by molar-refractivity contribution is 0.224. The molecule has 0 bridgehead atoms. The summed E-state index contributed by atoms with van der Waals surface area (Å²) in [6.07, 6.45) is 4.06. The topological polar surface area (TPSA) is 24.5 Å². The van der Waals surface area contributed by atoms with Gasteiger partial charge < -0.3 is 15.0 Å². The summed E-state index contributed by atoms with van der Waals surface area (Å²) in [5.41, 5.74) is 1.32. The van der Waals surface area contributed by atoms with Crippen molar-refractivity contribution in [1.82, 2.24) is 10.2 Å². The van der Waals surface area contributed by atoms with E-state index in [0.29, 0.717) is 6.10 Å². The number of ether oxygens (including phenoxy) is 1. The lowest BCUT2D eigenvalue weighted by Gasteiger charge is -2.16. The Labute approximate surface area is 123 Å². The molecular weight excluding hydrogens is 304 g/mol. The Morgan fingerprint density at radius 1 is 1.32 bits per heavy atom. The van der Waals surface area contributed by atoms with E-state index in [9.17, 15) is 0 Å². The van der Waals surface area contributed by atoms with E-state index < -0.39 is 0 Å². The molecule has 0 saturated carbocycles. The molecule has 3 nitrogen and oxygen atoms in total. The largest absolute Gasteiger partial charge is 0.488 e. The standard InChI is InChI=1S/C15H21BrN2O/c16-13-3-4-15-12(9-13)10-14(19-15)11-17-5-8-18-6-1-2-7-18/h3-4,9,14,17H,1-2,5-8,10-11H2. The second-order valence-corrected chi connectivity index (χ2v) is 6.36. The zero-order valence-corrected chi connectivity index (χ0v) is 12.8. The van der Waals surface area contributed by atoms with Gasteiger partial charge in [0.25, 0.3) is 0 Å². The zero-order valence-electron chi connectivity index (χ0n) is 11.2. The number of nitrogens with zero attached hydrogens (tertiary/aromatic N) is 1. The van der Waals surface area contributed by atoms with Crippen LogP contribution in [0.1, 0.15) is 18.4 Å². The SMILES string of the molecule is Brc1ccc2c(c1)CC(CNCCN1CCCC1)O2. The van der Waals surface area contributed by atoms with Crippen molar-refractivity contribution in [2.75, 3.05) is 32.7 Å². The molecule has 2 heterocycles. The van der Waals surface area contributed by atoms with E-state index in [1.54, 1.807) is 0 Å². The van der Waals surface area contributed by atoms with Gasteiger partial charge in [-0.2, -0.15) is 0 Å². The Kier molecular flexibility index (Phi) is 4.41. The second kappa shape index (κ2) is 6.25. The quantitative estimate of drug-likeness (QED) is 0.842. The van der Waals surface area contributed by atoms with Gasteiger partial charge in [-0.25, -0.2) is 0 Å². The summed E-state index contributed by atoms with van der Waals surface area (Å²) in [5.74, 6) is 1.05. The van der Waals surface area contributed by atoms with E-state index in [4.69, 9.17) is 4.74 Å². The molecule has 2 aliphatic rings. The van der Waals surface area contributed by atoms with Crippen LogP contribution >= 0.6 is 15.9 Å². The molecule has 1 unspecified atom stereocenters. The zero-order chi connectivity index (χ0) is 13.1. The Morgan fingerprint density at radius 2 is 2.16 bits per heavy atom. The molecule has 1 N–H and O–H groups in total. The Bertz CT molecular complexity index is 432. The highest BCUT2D eigenvalue weighted by Gasteiger charge is 2.22. The van der Waals surface area contributed by atoms with Gasteiger partial charge in [-0.15, -0.1) is 0 Å². The number of benzene rings is 1. The molecule has 19 heavy (non-hydrogen) atoms. The average Bonchev–Trinajstić information content (AvgIpc) is 3.02. The molecule has 1 aromatic carbocycles. The maximum Gasteiger partial charge on any atom is 0.123 e. The van der Waals surface area contributed by atoms with Crippen LogP contribution in [0.2, 0.25) is 0 Å². The Morgan fingerprint density at radius 3 is 3.00 bits per heavy atom. The van der Waals surface area contributed by atoms with Crippen molar-refractivity contribution in [2.45, 2.75) is 25.4 Å². The maximum atomic E-state index is 5.94. The summed E-state index contributed by atoms with van der Waals surface area (Å²) in [6, 6.07) is 6.27. The molecule has 0 amide bonds. The van der Waals surface area contributed by atoms with Crippen molar-refractivity contribution >= 4 is 15.9 Å². The fourth-order valence-electron chi connectivity index (χ4n) is 2.91. The van der Waals surface area contributed by atoms with Crippen LogP contribution in [0.5, 0.6) is 5.75 Å². The molecule has 0 spiro atoms. The second-order valence-electron chi connectivity index (χ2n) is 5.45. The van der Waals surface area contributed by atoms with Crippen molar-refractivity contribution in [3.05, 3.63) is 28.2 Å². The Hall–Kier alpha value is -0.580. The number of rotatable bonds is 5. The smallest absolute Gasteiger partial charge is 0.123 e. The number of nitrogens with one attached hydrogen (secondary N) is 1. The third kappa shape index (κ3) is 3.50. The molecule has 1 saturated heterocycles. The summed E-state index contributed by atoms with van der Waals surface area (Å²) in [4.78, 5) is 2.54. The van der Waals surface area contributed by atoms with Crippen LogP contribution in [0.4, 0.5) is 0 Å². The summed E-state index contributed by atoms with van der Waals surface area (Å²) in [5, 5.41) is 3.53. The van der Waals surface area contributed by atoms with Gasteiger partial charge >= 0.3 is 0 Å². The third-order valence-corrected chi connectivity index (χ3v) is 4.43. The lowest BCUT2D eigenvalue weighted by atomic mass is 10.1. The van der Waals surface area contributed by atoms with E-state index in [1.807, 2.05) is 6.07 Å². The molecule has 1 atom stereocenters. The van der Waals surface area contributed by atoms with Crippen LogP contribution in [-0.4, -0.2) is 43.7 Å². The predicted octanol–water partition coefficient (Wildman–Crippen LogP) is 2.44. The van der Waals surface area contributed by atoms with Crippen LogP contribution in [0.15, 0.2) is 22.7 Å². The van der Waals surface area contributed by atoms with Crippen molar-refractivity contribution in [1.29, 1.82) is 0 Å². The molecule has 1 fully saturated rings. The van der Waals surface area contributed by atoms with E-state index in [0.717, 1.165) is 29.7 Å². The summed E-state index contributed by atoms with van der Waals surface area (Å²) < 4.78 is 7.07. The van der Waals surface area contributed by atoms with Gasteiger partial charge in [0.1, 0.15) is 11.9 Å². The first-order chi connectivity index (χ1) is 9.31. The van der Waals surface area contributed by atoms with Crippen LogP contribution in [0.25, 0.3) is 0 Å². The molecule has 0 radical (unpaired) electrons. The normalized spacial score (nSPS) is 22.5. The summed E-state index contributed by atoms with van der Waals surface area (Å²) in [7, 11) is 0. The Balaban J connectivity index is 1.38. The molecular formula is C15H21BrN2O. The minimum atomic E-state index is 0.294. The number of halogens is 1. The highest BCUT2D eigenvalue weighted by atomic mass is 79.9. The first kappa shape index (κ1) is 13.4. The van der Waals surface area contributed by atoms with E-state index >= 15 is 0 Å². The molecule has 104 valence electrons.